The van der Waals surface area contributed by atoms with Crippen LogP contribution in [0.15, 0.2) is 91.0 Å². The van der Waals surface area contributed by atoms with Crippen LogP contribution < -0.4 is 10.1 Å². The maximum atomic E-state index is 12.7. The van der Waals surface area contributed by atoms with Crippen LogP contribution >= 0.6 is 0 Å². The Hall–Kier alpha value is -4.12. The van der Waals surface area contributed by atoms with Crippen molar-refractivity contribution >= 4 is 27.7 Å². The lowest BCUT2D eigenvalue weighted by atomic mass is 10.0. The molecule has 0 atom stereocenters. The Bertz CT molecular complexity index is 1400. The first-order valence-corrected chi connectivity index (χ1v) is 10.6. The summed E-state index contributed by atoms with van der Waals surface area (Å²) in [6.45, 7) is 1.01. The fourth-order valence-electron chi connectivity index (χ4n) is 4.04. The first kappa shape index (κ1) is 19.8. The first-order chi connectivity index (χ1) is 15.7. The van der Waals surface area contributed by atoms with Gasteiger partial charge in [-0.25, -0.2) is 4.98 Å². The molecule has 5 aromatic rings. The average Bonchev–Trinajstić information content (AvgIpc) is 3.20. The molecule has 0 bridgehead atoms. The predicted octanol–water partition coefficient (Wildman–Crippen LogP) is 5.18. The standard InChI is InChI=1S/C27H23N3O2/c1-32-22-15-13-20(14-16-22)27(31)28-17-26-29-24-11-4-5-12-25(24)30(26)18-21-9-6-8-19-7-2-3-10-23(19)21/h2-16H,17-18H2,1H3,(H,28,31). The maximum Gasteiger partial charge on any atom is 0.251 e. The van der Waals surface area contributed by atoms with Gasteiger partial charge in [0, 0.05) is 5.56 Å². The average molecular weight is 422 g/mol. The van der Waals surface area contributed by atoms with Crippen molar-refractivity contribution in [1.82, 2.24) is 14.9 Å². The van der Waals surface area contributed by atoms with Crippen LogP contribution in [0.1, 0.15) is 21.7 Å². The topological polar surface area (TPSA) is 56.1 Å². The van der Waals surface area contributed by atoms with Gasteiger partial charge in [0.2, 0.25) is 0 Å². The molecule has 5 rings (SSSR count). The van der Waals surface area contributed by atoms with Gasteiger partial charge in [0.15, 0.2) is 0 Å². The summed E-state index contributed by atoms with van der Waals surface area (Å²) >= 11 is 0. The van der Waals surface area contributed by atoms with E-state index in [4.69, 9.17) is 9.72 Å². The number of carbonyl (C=O) groups excluding carboxylic acids is 1. The van der Waals surface area contributed by atoms with Crippen LogP contribution in [0.2, 0.25) is 0 Å². The van der Waals surface area contributed by atoms with Crippen molar-refractivity contribution in [1.29, 1.82) is 0 Å². The third kappa shape index (κ3) is 3.81. The van der Waals surface area contributed by atoms with Gasteiger partial charge in [0.25, 0.3) is 5.91 Å². The molecular weight excluding hydrogens is 398 g/mol. The molecule has 1 amide bonds. The Balaban J connectivity index is 1.45. The van der Waals surface area contributed by atoms with Gasteiger partial charge in [-0.15, -0.1) is 0 Å². The van der Waals surface area contributed by atoms with Crippen LogP contribution in [0, 0.1) is 0 Å². The van der Waals surface area contributed by atoms with E-state index in [9.17, 15) is 4.79 Å². The van der Waals surface area contributed by atoms with E-state index in [0.717, 1.165) is 22.6 Å². The van der Waals surface area contributed by atoms with E-state index < -0.39 is 0 Å². The molecule has 158 valence electrons. The predicted molar refractivity (Wildman–Crippen MR) is 127 cm³/mol. The van der Waals surface area contributed by atoms with Gasteiger partial charge in [-0.1, -0.05) is 54.6 Å². The van der Waals surface area contributed by atoms with Crippen molar-refractivity contribution in [3.05, 3.63) is 108 Å². The van der Waals surface area contributed by atoms with Gasteiger partial charge in [-0.3, -0.25) is 4.79 Å². The minimum atomic E-state index is -0.142. The van der Waals surface area contributed by atoms with Crippen LogP contribution in [0.25, 0.3) is 21.8 Å². The summed E-state index contributed by atoms with van der Waals surface area (Å²) in [5.41, 5.74) is 3.77. The number of amides is 1. The lowest BCUT2D eigenvalue weighted by Gasteiger charge is -2.13. The first-order valence-electron chi connectivity index (χ1n) is 10.6. The zero-order valence-corrected chi connectivity index (χ0v) is 17.8. The van der Waals surface area contributed by atoms with Crippen molar-refractivity contribution in [2.45, 2.75) is 13.1 Å². The van der Waals surface area contributed by atoms with Gasteiger partial charge >= 0.3 is 0 Å². The molecule has 0 saturated carbocycles. The number of benzene rings is 4. The zero-order valence-electron chi connectivity index (χ0n) is 17.8. The minimum absolute atomic E-state index is 0.142. The highest BCUT2D eigenvalue weighted by atomic mass is 16.5. The summed E-state index contributed by atoms with van der Waals surface area (Å²) < 4.78 is 7.36. The molecule has 0 aliphatic rings. The zero-order chi connectivity index (χ0) is 21.9. The van der Waals surface area contributed by atoms with E-state index >= 15 is 0 Å². The van der Waals surface area contributed by atoms with Crippen molar-refractivity contribution in [3.8, 4) is 5.75 Å². The number of para-hydroxylation sites is 2. The number of hydrogen-bond donors (Lipinski definition) is 1. The lowest BCUT2D eigenvalue weighted by molar-refractivity contribution is 0.0949. The van der Waals surface area contributed by atoms with E-state index in [1.54, 1.807) is 31.4 Å². The van der Waals surface area contributed by atoms with Crippen molar-refractivity contribution in [2.24, 2.45) is 0 Å². The van der Waals surface area contributed by atoms with Crippen molar-refractivity contribution < 1.29 is 9.53 Å². The molecule has 0 fully saturated rings. The molecule has 0 spiro atoms. The molecule has 1 aromatic heterocycles. The Morgan fingerprint density at radius 3 is 2.50 bits per heavy atom. The number of fused-ring (bicyclic) bond motifs is 2. The minimum Gasteiger partial charge on any atom is -0.497 e. The number of carbonyl (C=O) groups is 1. The Morgan fingerprint density at radius 2 is 1.66 bits per heavy atom. The Morgan fingerprint density at radius 1 is 0.906 bits per heavy atom. The van der Waals surface area contributed by atoms with Crippen LogP contribution in [-0.2, 0) is 13.1 Å². The van der Waals surface area contributed by atoms with Gasteiger partial charge in [-0.2, -0.15) is 0 Å². The fraction of sp³-hybridized carbons (Fsp3) is 0.111. The molecule has 32 heavy (non-hydrogen) atoms. The molecular formula is C27H23N3O2. The molecule has 1 N–H and O–H groups in total. The molecule has 4 aromatic carbocycles. The highest BCUT2D eigenvalue weighted by molar-refractivity contribution is 5.94. The van der Waals surface area contributed by atoms with Gasteiger partial charge in [0.05, 0.1) is 31.2 Å². The number of nitrogens with one attached hydrogen (secondary N) is 1. The van der Waals surface area contributed by atoms with E-state index in [2.05, 4.69) is 58.4 Å². The highest BCUT2D eigenvalue weighted by Crippen LogP contribution is 2.23. The molecule has 0 radical (unpaired) electrons. The molecule has 0 unspecified atom stereocenters. The number of aromatic nitrogens is 2. The third-order valence-electron chi connectivity index (χ3n) is 5.70. The van der Waals surface area contributed by atoms with Gasteiger partial charge in [-0.05, 0) is 52.7 Å². The third-order valence-corrected chi connectivity index (χ3v) is 5.70. The Kier molecular flexibility index (Phi) is 5.30. The number of imidazole rings is 1. The largest absolute Gasteiger partial charge is 0.497 e. The van der Waals surface area contributed by atoms with Crippen molar-refractivity contribution in [2.75, 3.05) is 7.11 Å². The fourth-order valence-corrected chi connectivity index (χ4v) is 4.04. The quantitative estimate of drug-likeness (QED) is 0.411. The van der Waals surface area contributed by atoms with Crippen LogP contribution in [0.3, 0.4) is 0 Å². The van der Waals surface area contributed by atoms with Crippen LogP contribution in [0.5, 0.6) is 5.75 Å². The van der Waals surface area contributed by atoms with Gasteiger partial charge in [0.1, 0.15) is 11.6 Å². The normalized spacial score (nSPS) is 11.0. The molecule has 5 nitrogen and oxygen atoms in total. The summed E-state index contributed by atoms with van der Waals surface area (Å²) in [4.78, 5) is 17.5. The SMILES string of the molecule is COc1ccc(C(=O)NCc2nc3ccccc3n2Cc2cccc3ccccc23)cc1. The second-order valence-corrected chi connectivity index (χ2v) is 7.65. The summed E-state index contributed by atoms with van der Waals surface area (Å²) in [6.07, 6.45) is 0. The molecule has 5 heteroatoms. The highest BCUT2D eigenvalue weighted by Gasteiger charge is 2.14. The molecule has 0 saturated heterocycles. The summed E-state index contributed by atoms with van der Waals surface area (Å²) in [5, 5.41) is 5.45. The number of hydrogen-bond acceptors (Lipinski definition) is 3. The van der Waals surface area contributed by atoms with Crippen LogP contribution in [-0.4, -0.2) is 22.6 Å². The second-order valence-electron chi connectivity index (χ2n) is 7.65. The monoisotopic (exact) mass is 421 g/mol. The van der Waals surface area contributed by atoms with Crippen molar-refractivity contribution in [3.63, 3.8) is 0 Å². The molecule has 1 heterocycles. The summed E-state index contributed by atoms with van der Waals surface area (Å²) in [7, 11) is 1.61. The maximum absolute atomic E-state index is 12.7. The number of ether oxygens (including phenoxy) is 1. The molecule has 0 aliphatic heterocycles. The van der Waals surface area contributed by atoms with E-state index in [-0.39, 0.29) is 5.91 Å². The van der Waals surface area contributed by atoms with E-state index in [1.807, 2.05) is 18.2 Å². The van der Waals surface area contributed by atoms with Crippen LogP contribution in [0.4, 0.5) is 0 Å². The number of methoxy groups -OCH3 is 1. The van der Waals surface area contributed by atoms with E-state index in [1.165, 1.54) is 16.3 Å². The smallest absolute Gasteiger partial charge is 0.251 e. The molecule has 0 aliphatic carbocycles. The summed E-state index contributed by atoms with van der Waals surface area (Å²) in [6, 6.07) is 29.9. The number of nitrogens with zero attached hydrogens (tertiary/aromatic N) is 2. The second kappa shape index (κ2) is 8.55. The summed E-state index contributed by atoms with van der Waals surface area (Å²) in [5.74, 6) is 1.40. The van der Waals surface area contributed by atoms with Gasteiger partial charge < -0.3 is 14.6 Å². The lowest BCUT2D eigenvalue weighted by Crippen LogP contribution is -2.24. The Labute approximate surface area is 186 Å². The number of rotatable bonds is 6. The van der Waals surface area contributed by atoms with E-state index in [0.29, 0.717) is 18.7 Å².